The lowest BCUT2D eigenvalue weighted by atomic mass is 10.2. The van der Waals surface area contributed by atoms with Gasteiger partial charge in [-0.1, -0.05) is 47.7 Å². The molecule has 0 aromatic carbocycles. The number of rotatable bonds is 15. The Kier molecular flexibility index (Phi) is 15.6. The van der Waals surface area contributed by atoms with Crippen LogP contribution in [0.3, 0.4) is 0 Å². The number of nitrogens with zero attached hydrogens (tertiary/aromatic N) is 1. The summed E-state index contributed by atoms with van der Waals surface area (Å²) in [7, 11) is 0. The van der Waals surface area contributed by atoms with Gasteiger partial charge in [-0.25, -0.2) is 4.79 Å². The summed E-state index contributed by atoms with van der Waals surface area (Å²) in [6, 6.07) is 0. The smallest absolute Gasteiger partial charge is 0.336 e. The van der Waals surface area contributed by atoms with Crippen LogP contribution in [0.25, 0.3) is 0 Å². The van der Waals surface area contributed by atoms with E-state index in [9.17, 15) is 9.59 Å². The van der Waals surface area contributed by atoms with E-state index in [1.807, 2.05) is 37.8 Å². The van der Waals surface area contributed by atoms with Crippen molar-refractivity contribution in [2.24, 2.45) is 0 Å². The normalized spacial score (nSPS) is 14.7. The quantitative estimate of drug-likeness (QED) is 0.0770. The van der Waals surface area contributed by atoms with Gasteiger partial charge in [0.15, 0.2) is 3.55 Å². The standard InChI is InChI=1S/C19H32I2N2O4/c1-5-8-10-22-11-14-27-18(25)19(4,21)23(12-9-6-2)13-15-26-17(24)16(20)7-3/h5-6,8,16,22H,2,7,9-15H2,1,3-4H3/b8-5+. The highest BCUT2D eigenvalue weighted by Crippen LogP contribution is 2.25. The molecule has 0 aromatic heterocycles. The van der Waals surface area contributed by atoms with E-state index in [1.165, 1.54) is 0 Å². The van der Waals surface area contributed by atoms with Gasteiger partial charge < -0.3 is 14.8 Å². The predicted molar refractivity (Wildman–Crippen MR) is 127 cm³/mol. The Hall–Kier alpha value is -0.200. The fourth-order valence-electron chi connectivity index (χ4n) is 2.07. The average Bonchev–Trinajstić information content (AvgIpc) is 2.65. The Bertz CT molecular complexity index is 484. The second-order valence-electron chi connectivity index (χ2n) is 5.97. The van der Waals surface area contributed by atoms with Gasteiger partial charge in [-0.2, -0.15) is 0 Å². The third kappa shape index (κ3) is 11.4. The monoisotopic (exact) mass is 606 g/mol. The molecule has 27 heavy (non-hydrogen) atoms. The van der Waals surface area contributed by atoms with E-state index >= 15 is 0 Å². The molecule has 0 aliphatic carbocycles. The highest BCUT2D eigenvalue weighted by Gasteiger charge is 2.38. The lowest BCUT2D eigenvalue weighted by Crippen LogP contribution is -2.50. The van der Waals surface area contributed by atoms with E-state index in [-0.39, 0.29) is 22.5 Å². The van der Waals surface area contributed by atoms with E-state index in [0.29, 0.717) is 26.2 Å². The minimum atomic E-state index is -0.842. The molecule has 0 aliphatic heterocycles. The van der Waals surface area contributed by atoms with Crippen LogP contribution in [0.4, 0.5) is 0 Å². The maximum Gasteiger partial charge on any atom is 0.336 e. The molecule has 0 bridgehead atoms. The van der Waals surface area contributed by atoms with Crippen molar-refractivity contribution < 1.29 is 19.1 Å². The molecule has 156 valence electrons. The number of halogens is 2. The number of carbonyl (C=O) groups excluding carboxylic acids is 2. The molecule has 8 heteroatoms. The van der Waals surface area contributed by atoms with Crippen molar-refractivity contribution in [3.8, 4) is 0 Å². The predicted octanol–water partition coefficient (Wildman–Crippen LogP) is 3.48. The van der Waals surface area contributed by atoms with Crippen LogP contribution in [-0.2, 0) is 19.1 Å². The van der Waals surface area contributed by atoms with Gasteiger partial charge in [0.1, 0.15) is 17.1 Å². The number of ether oxygens (including phenoxy) is 2. The van der Waals surface area contributed by atoms with Crippen molar-refractivity contribution in [2.45, 2.75) is 41.1 Å². The van der Waals surface area contributed by atoms with Crippen molar-refractivity contribution in [3.05, 3.63) is 24.8 Å². The molecule has 0 radical (unpaired) electrons. The molecule has 0 heterocycles. The largest absolute Gasteiger partial charge is 0.464 e. The van der Waals surface area contributed by atoms with E-state index in [2.05, 4.69) is 57.1 Å². The first-order valence-electron chi connectivity index (χ1n) is 9.15. The summed E-state index contributed by atoms with van der Waals surface area (Å²) >= 11 is 4.18. The molecule has 1 N–H and O–H groups in total. The molecule has 0 spiro atoms. The van der Waals surface area contributed by atoms with Crippen LogP contribution < -0.4 is 5.32 Å². The van der Waals surface area contributed by atoms with Crippen molar-refractivity contribution in [1.82, 2.24) is 10.2 Å². The molecule has 0 saturated heterocycles. The zero-order valence-corrected chi connectivity index (χ0v) is 20.8. The first-order chi connectivity index (χ1) is 12.8. The number of hydrogen-bond donors (Lipinski definition) is 1. The highest BCUT2D eigenvalue weighted by molar-refractivity contribution is 14.1. The van der Waals surface area contributed by atoms with Crippen molar-refractivity contribution in [2.75, 3.05) is 39.4 Å². The van der Waals surface area contributed by atoms with Gasteiger partial charge in [0.2, 0.25) is 0 Å². The second kappa shape index (κ2) is 15.7. The first-order valence-corrected chi connectivity index (χ1v) is 11.5. The third-order valence-electron chi connectivity index (χ3n) is 3.80. The van der Waals surface area contributed by atoms with Crippen LogP contribution in [0.15, 0.2) is 24.8 Å². The Labute approximate surface area is 190 Å². The fourth-order valence-corrected chi connectivity index (χ4v) is 2.89. The summed E-state index contributed by atoms with van der Waals surface area (Å²) in [6.07, 6.45) is 7.24. The van der Waals surface area contributed by atoms with Gasteiger partial charge in [-0.05, 0) is 49.3 Å². The lowest BCUT2D eigenvalue weighted by molar-refractivity contribution is -0.151. The molecular formula is C19H32I2N2O4. The Morgan fingerprint density at radius 1 is 1.30 bits per heavy atom. The van der Waals surface area contributed by atoms with Gasteiger partial charge in [0.25, 0.3) is 0 Å². The average molecular weight is 606 g/mol. The summed E-state index contributed by atoms with van der Waals surface area (Å²) in [6.45, 7) is 12.5. The Morgan fingerprint density at radius 2 is 2.00 bits per heavy atom. The number of nitrogens with one attached hydrogen (secondary N) is 1. The fraction of sp³-hybridized carbons (Fsp3) is 0.684. The van der Waals surface area contributed by atoms with Crippen molar-refractivity contribution >= 4 is 57.1 Å². The molecular weight excluding hydrogens is 574 g/mol. The Morgan fingerprint density at radius 3 is 2.59 bits per heavy atom. The second-order valence-corrected chi connectivity index (χ2v) is 9.57. The van der Waals surface area contributed by atoms with E-state index in [4.69, 9.17) is 9.47 Å². The first kappa shape index (κ1) is 26.8. The number of carbonyl (C=O) groups is 2. The van der Waals surface area contributed by atoms with Crippen LogP contribution in [0.1, 0.15) is 33.6 Å². The zero-order chi connectivity index (χ0) is 20.7. The minimum Gasteiger partial charge on any atom is -0.464 e. The van der Waals surface area contributed by atoms with E-state index in [0.717, 1.165) is 19.4 Å². The maximum atomic E-state index is 12.6. The van der Waals surface area contributed by atoms with Crippen LogP contribution in [-0.4, -0.2) is 63.7 Å². The molecule has 0 aliphatic rings. The summed E-state index contributed by atoms with van der Waals surface area (Å²) in [5, 5.41) is 3.17. The number of alkyl halides is 2. The summed E-state index contributed by atoms with van der Waals surface area (Å²) in [5.74, 6) is -0.515. The van der Waals surface area contributed by atoms with Crippen LogP contribution in [0, 0.1) is 0 Å². The van der Waals surface area contributed by atoms with Gasteiger partial charge in [-0.3, -0.25) is 9.69 Å². The SMILES string of the molecule is C=CCCN(CCOC(=O)C(I)CC)C(C)(I)C(=O)OCCNC/C=C/C. The third-order valence-corrected chi connectivity index (χ3v) is 6.31. The number of hydrogen-bond acceptors (Lipinski definition) is 6. The van der Waals surface area contributed by atoms with E-state index in [1.54, 1.807) is 6.08 Å². The molecule has 0 rings (SSSR count). The minimum absolute atomic E-state index is 0.143. The van der Waals surface area contributed by atoms with Gasteiger partial charge in [0.05, 0.1) is 0 Å². The molecule has 0 amide bonds. The van der Waals surface area contributed by atoms with Crippen LogP contribution in [0.5, 0.6) is 0 Å². The molecule has 0 fully saturated rings. The summed E-state index contributed by atoms with van der Waals surface area (Å²) in [4.78, 5) is 26.4. The Balaban J connectivity index is 4.60. The number of esters is 2. The molecule has 0 saturated carbocycles. The molecule has 2 unspecified atom stereocenters. The van der Waals surface area contributed by atoms with Crippen LogP contribution >= 0.6 is 45.2 Å². The van der Waals surface area contributed by atoms with Gasteiger partial charge in [0, 0.05) is 26.2 Å². The van der Waals surface area contributed by atoms with Gasteiger partial charge >= 0.3 is 11.9 Å². The van der Waals surface area contributed by atoms with Gasteiger partial charge in [-0.15, -0.1) is 6.58 Å². The topological polar surface area (TPSA) is 67.9 Å². The van der Waals surface area contributed by atoms with Crippen molar-refractivity contribution in [1.29, 1.82) is 0 Å². The summed E-state index contributed by atoms with van der Waals surface area (Å²) < 4.78 is 9.77. The van der Waals surface area contributed by atoms with E-state index < -0.39 is 3.55 Å². The maximum absolute atomic E-state index is 12.6. The highest BCUT2D eigenvalue weighted by atomic mass is 127. The van der Waals surface area contributed by atoms with Crippen LogP contribution in [0.2, 0.25) is 0 Å². The molecule has 0 aromatic rings. The van der Waals surface area contributed by atoms with Crippen molar-refractivity contribution in [3.63, 3.8) is 0 Å². The number of allylic oxidation sites excluding steroid dienone is 1. The summed E-state index contributed by atoms with van der Waals surface area (Å²) in [5.41, 5.74) is 0. The zero-order valence-electron chi connectivity index (χ0n) is 16.5. The molecule has 2 atom stereocenters. The lowest BCUT2D eigenvalue weighted by Gasteiger charge is -2.34. The molecule has 6 nitrogen and oxygen atoms in total.